The monoisotopic (exact) mass is 460 g/mol. The Hall–Kier alpha value is -4.63. The number of methoxy groups -OCH3 is 1. The van der Waals surface area contributed by atoms with Crippen LogP contribution in [-0.4, -0.2) is 21.2 Å². The van der Waals surface area contributed by atoms with E-state index in [1.807, 2.05) is 72.4 Å². The van der Waals surface area contributed by atoms with E-state index < -0.39 is 0 Å². The third-order valence-electron chi connectivity index (χ3n) is 6.49. The van der Waals surface area contributed by atoms with Crippen LogP contribution < -0.4 is 10.3 Å². The van der Waals surface area contributed by atoms with Gasteiger partial charge in [-0.2, -0.15) is 0 Å². The minimum atomic E-state index is -0.0953. The number of benzene rings is 3. The normalized spacial score (nSPS) is 11.8. The Labute approximate surface area is 203 Å². The molecule has 1 atom stereocenters. The summed E-state index contributed by atoms with van der Waals surface area (Å²) in [5.74, 6) is 0.641. The minimum Gasteiger partial charge on any atom is -0.497 e. The fourth-order valence-corrected chi connectivity index (χ4v) is 4.61. The van der Waals surface area contributed by atoms with Crippen LogP contribution in [0, 0.1) is 6.57 Å². The Morgan fingerprint density at radius 2 is 1.74 bits per heavy atom. The molecule has 0 radical (unpaired) electrons. The Bertz CT molecular complexity index is 1640. The molecule has 0 amide bonds. The average molecular weight is 461 g/mol. The van der Waals surface area contributed by atoms with Crippen molar-refractivity contribution in [1.82, 2.24) is 14.1 Å². The maximum Gasteiger partial charge on any atom is 0.251 e. The average Bonchev–Trinajstić information content (AvgIpc) is 3.32. The van der Waals surface area contributed by atoms with Gasteiger partial charge in [-0.15, -0.1) is 0 Å². The van der Waals surface area contributed by atoms with Gasteiger partial charge < -0.3 is 13.9 Å². The van der Waals surface area contributed by atoms with Gasteiger partial charge in [0.1, 0.15) is 5.75 Å². The predicted octanol–water partition coefficient (Wildman–Crippen LogP) is 5.68. The molecule has 0 fully saturated rings. The zero-order chi connectivity index (χ0) is 24.5. The van der Waals surface area contributed by atoms with Gasteiger partial charge in [0.05, 0.1) is 31.4 Å². The molecule has 172 valence electrons. The Kier molecular flexibility index (Phi) is 5.68. The molecule has 6 nitrogen and oxygen atoms in total. The van der Waals surface area contributed by atoms with E-state index in [0.29, 0.717) is 5.69 Å². The highest BCUT2D eigenvalue weighted by atomic mass is 16.5. The van der Waals surface area contributed by atoms with Crippen molar-refractivity contribution in [3.05, 3.63) is 124 Å². The standard InChI is InChI=1S/C29H24N4O2/c1-30-22-11-8-19(9-12-22)29(27-17-31-18-32(27)2)21-10-13-26-25(15-21)24(16-28(34)33(26)3)20-6-5-7-23(14-20)35-4/h5-18,29H,2-4H3/t29-/m0/s1. The van der Waals surface area contributed by atoms with Crippen molar-refractivity contribution < 1.29 is 4.74 Å². The molecule has 0 bridgehead atoms. The second-order valence-electron chi connectivity index (χ2n) is 8.53. The molecule has 0 aliphatic carbocycles. The van der Waals surface area contributed by atoms with Gasteiger partial charge in [-0.3, -0.25) is 4.79 Å². The van der Waals surface area contributed by atoms with Crippen LogP contribution in [0.15, 0.2) is 90.1 Å². The van der Waals surface area contributed by atoms with E-state index >= 15 is 0 Å². The number of nitrogens with zero attached hydrogens (tertiary/aromatic N) is 4. The van der Waals surface area contributed by atoms with Crippen LogP contribution in [0.5, 0.6) is 5.75 Å². The lowest BCUT2D eigenvalue weighted by Gasteiger charge is -2.21. The molecular weight excluding hydrogens is 436 g/mol. The molecule has 0 aliphatic heterocycles. The van der Waals surface area contributed by atoms with Crippen LogP contribution in [0.1, 0.15) is 22.7 Å². The molecule has 0 unspecified atom stereocenters. The topological polar surface area (TPSA) is 53.4 Å². The lowest BCUT2D eigenvalue weighted by molar-refractivity contribution is 0.415. The third-order valence-corrected chi connectivity index (χ3v) is 6.49. The van der Waals surface area contributed by atoms with Crippen LogP contribution in [0.4, 0.5) is 5.69 Å². The van der Waals surface area contributed by atoms with Gasteiger partial charge in [-0.05, 0) is 46.5 Å². The summed E-state index contributed by atoms with van der Waals surface area (Å²) < 4.78 is 9.12. The van der Waals surface area contributed by atoms with Crippen LogP contribution >= 0.6 is 0 Å². The van der Waals surface area contributed by atoms with E-state index in [9.17, 15) is 4.79 Å². The zero-order valence-electron chi connectivity index (χ0n) is 19.8. The van der Waals surface area contributed by atoms with Gasteiger partial charge in [-0.25, -0.2) is 9.83 Å². The first kappa shape index (κ1) is 22.2. The summed E-state index contributed by atoms with van der Waals surface area (Å²) >= 11 is 0. The van der Waals surface area contributed by atoms with E-state index in [0.717, 1.165) is 44.6 Å². The summed E-state index contributed by atoms with van der Waals surface area (Å²) in [6.07, 6.45) is 3.67. The smallest absolute Gasteiger partial charge is 0.251 e. The van der Waals surface area contributed by atoms with Gasteiger partial charge in [0, 0.05) is 37.4 Å². The number of aryl methyl sites for hydroxylation is 2. The van der Waals surface area contributed by atoms with Crippen molar-refractivity contribution >= 4 is 16.6 Å². The van der Waals surface area contributed by atoms with Crippen molar-refractivity contribution in [2.45, 2.75) is 5.92 Å². The second kappa shape index (κ2) is 8.96. The summed E-state index contributed by atoms with van der Waals surface area (Å²) in [5.41, 5.74) is 6.33. The molecule has 2 aromatic heterocycles. The van der Waals surface area contributed by atoms with Gasteiger partial charge in [0.15, 0.2) is 5.69 Å². The number of pyridine rings is 1. The molecule has 6 heteroatoms. The first-order valence-electron chi connectivity index (χ1n) is 11.2. The Morgan fingerprint density at radius 1 is 0.971 bits per heavy atom. The van der Waals surface area contributed by atoms with E-state index in [1.54, 1.807) is 31.1 Å². The van der Waals surface area contributed by atoms with Crippen molar-refractivity contribution in [2.24, 2.45) is 14.1 Å². The summed E-state index contributed by atoms with van der Waals surface area (Å²) in [5, 5.41) is 0.975. The lowest BCUT2D eigenvalue weighted by Crippen LogP contribution is -2.16. The number of fused-ring (bicyclic) bond motifs is 1. The quantitative estimate of drug-likeness (QED) is 0.317. The number of ether oxygens (including phenoxy) is 1. The summed E-state index contributed by atoms with van der Waals surface area (Å²) in [6, 6.07) is 23.4. The highest BCUT2D eigenvalue weighted by molar-refractivity contribution is 5.95. The summed E-state index contributed by atoms with van der Waals surface area (Å²) in [6.45, 7) is 7.30. The highest BCUT2D eigenvalue weighted by Gasteiger charge is 2.21. The molecule has 0 saturated carbocycles. The Morgan fingerprint density at radius 3 is 2.43 bits per heavy atom. The molecule has 0 N–H and O–H groups in total. The summed E-state index contributed by atoms with van der Waals surface area (Å²) in [7, 11) is 5.41. The fourth-order valence-electron chi connectivity index (χ4n) is 4.61. The van der Waals surface area contributed by atoms with E-state index in [2.05, 4.69) is 22.0 Å². The van der Waals surface area contributed by atoms with Gasteiger partial charge in [0.25, 0.3) is 5.56 Å². The molecule has 5 rings (SSSR count). The Balaban J connectivity index is 1.77. The van der Waals surface area contributed by atoms with Crippen LogP contribution in [0.3, 0.4) is 0 Å². The molecule has 3 aromatic carbocycles. The molecule has 0 spiro atoms. The van der Waals surface area contributed by atoms with Crippen molar-refractivity contribution in [1.29, 1.82) is 0 Å². The van der Waals surface area contributed by atoms with Crippen LogP contribution in [-0.2, 0) is 14.1 Å². The van der Waals surface area contributed by atoms with Gasteiger partial charge >= 0.3 is 0 Å². The van der Waals surface area contributed by atoms with Crippen molar-refractivity contribution in [3.63, 3.8) is 0 Å². The fraction of sp³-hybridized carbons (Fsp3) is 0.138. The van der Waals surface area contributed by atoms with E-state index in [4.69, 9.17) is 11.3 Å². The maximum atomic E-state index is 12.8. The van der Waals surface area contributed by atoms with Gasteiger partial charge in [0.2, 0.25) is 0 Å². The first-order valence-corrected chi connectivity index (χ1v) is 11.2. The van der Waals surface area contributed by atoms with Crippen LogP contribution in [0.2, 0.25) is 0 Å². The molecule has 5 aromatic rings. The lowest BCUT2D eigenvalue weighted by atomic mass is 9.87. The number of aromatic nitrogens is 3. The first-order chi connectivity index (χ1) is 17.0. The van der Waals surface area contributed by atoms with Crippen LogP contribution in [0.25, 0.3) is 26.9 Å². The molecule has 35 heavy (non-hydrogen) atoms. The molecule has 0 aliphatic rings. The number of hydrogen-bond donors (Lipinski definition) is 0. The maximum absolute atomic E-state index is 12.8. The van der Waals surface area contributed by atoms with E-state index in [1.165, 1.54) is 0 Å². The predicted molar refractivity (Wildman–Crippen MR) is 138 cm³/mol. The number of hydrogen-bond acceptors (Lipinski definition) is 3. The van der Waals surface area contributed by atoms with Crippen molar-refractivity contribution in [3.8, 4) is 16.9 Å². The molecule has 0 saturated heterocycles. The molecular formula is C29H24N4O2. The largest absolute Gasteiger partial charge is 0.497 e. The van der Waals surface area contributed by atoms with E-state index in [-0.39, 0.29) is 11.5 Å². The van der Waals surface area contributed by atoms with Crippen molar-refractivity contribution in [2.75, 3.05) is 7.11 Å². The highest BCUT2D eigenvalue weighted by Crippen LogP contribution is 2.36. The zero-order valence-corrected chi connectivity index (χ0v) is 19.8. The number of imidazole rings is 1. The number of rotatable bonds is 5. The molecule has 2 heterocycles. The second-order valence-corrected chi connectivity index (χ2v) is 8.53. The summed E-state index contributed by atoms with van der Waals surface area (Å²) in [4.78, 5) is 20.7. The third kappa shape index (κ3) is 3.98. The van der Waals surface area contributed by atoms with Gasteiger partial charge in [-0.1, -0.05) is 42.5 Å². The SMILES string of the molecule is [C-]#[N+]c1ccc([C@@H](c2ccc3c(c2)c(-c2cccc(OC)c2)cc(=O)n3C)c2cncn2C)cc1. The minimum absolute atomic E-state index is 0.0685.